The third-order valence-electron chi connectivity index (χ3n) is 7.33. The van der Waals surface area contributed by atoms with E-state index in [1.165, 1.54) is 59.1 Å². The van der Waals surface area contributed by atoms with Crippen LogP contribution in [-0.4, -0.2) is 41.0 Å². The Hall–Kier alpha value is -2.24. The molecule has 2 aromatic carbocycles. The highest BCUT2D eigenvalue weighted by Gasteiger charge is 2.31. The summed E-state index contributed by atoms with van der Waals surface area (Å²) in [6, 6.07) is 17.4. The summed E-state index contributed by atoms with van der Waals surface area (Å²) < 4.78 is 22.4. The fraction of sp³-hybridized carbons (Fsp3) is 0.467. The van der Waals surface area contributed by atoms with Gasteiger partial charge in [0.1, 0.15) is 0 Å². The molecular formula is C30H38O4. The Bertz CT molecular complexity index is 919. The quantitative estimate of drug-likeness (QED) is 0.239. The maximum Gasteiger partial charge on any atom is 0.180 e. The second-order valence-electron chi connectivity index (χ2n) is 9.25. The van der Waals surface area contributed by atoms with E-state index in [1.807, 2.05) is 0 Å². The van der Waals surface area contributed by atoms with E-state index in [1.54, 1.807) is 28.4 Å². The van der Waals surface area contributed by atoms with Crippen LogP contribution in [0.5, 0.6) is 0 Å². The van der Waals surface area contributed by atoms with Crippen molar-refractivity contribution in [3.05, 3.63) is 81.9 Å². The van der Waals surface area contributed by atoms with Gasteiger partial charge in [0.2, 0.25) is 0 Å². The first kappa shape index (κ1) is 24.9. The van der Waals surface area contributed by atoms with Gasteiger partial charge in [-0.05, 0) is 58.4 Å². The largest absolute Gasteiger partial charge is 0.352 e. The van der Waals surface area contributed by atoms with Gasteiger partial charge in [-0.1, -0.05) is 74.2 Å². The second-order valence-corrected chi connectivity index (χ2v) is 9.25. The number of ether oxygens (including phenoxy) is 4. The van der Waals surface area contributed by atoms with Gasteiger partial charge in [0.25, 0.3) is 0 Å². The average Bonchev–Trinajstić information content (AvgIpc) is 3.41. The van der Waals surface area contributed by atoms with Gasteiger partial charge < -0.3 is 18.9 Å². The Kier molecular flexibility index (Phi) is 8.74. The zero-order valence-corrected chi connectivity index (χ0v) is 21.0. The SMILES string of the molecule is COC(OC)C1=Cc2ccccc2C1CCCCCCC1C(C(OC)OC)=Cc2ccccc21. The van der Waals surface area contributed by atoms with E-state index in [9.17, 15) is 0 Å². The average molecular weight is 463 g/mol. The standard InChI is InChI=1S/C30H38O4/c1-31-29(32-2)27-19-21-13-9-11-15-23(21)25(27)17-7-5-6-8-18-26-24-16-12-10-14-22(24)20-28(26)30(33-3)34-4/h9-16,19-20,25-26,29-30H,5-8,17-18H2,1-4H3. The summed E-state index contributed by atoms with van der Waals surface area (Å²) in [5.41, 5.74) is 7.89. The van der Waals surface area contributed by atoms with Gasteiger partial charge in [-0.3, -0.25) is 0 Å². The number of hydrogen-bond acceptors (Lipinski definition) is 4. The zero-order valence-electron chi connectivity index (χ0n) is 21.0. The monoisotopic (exact) mass is 462 g/mol. The zero-order chi connectivity index (χ0) is 23.9. The molecular weight excluding hydrogens is 424 g/mol. The maximum absolute atomic E-state index is 5.61. The van der Waals surface area contributed by atoms with E-state index >= 15 is 0 Å². The number of hydrogen-bond donors (Lipinski definition) is 0. The maximum atomic E-state index is 5.61. The van der Waals surface area contributed by atoms with Crippen LogP contribution >= 0.6 is 0 Å². The molecule has 182 valence electrons. The first-order chi connectivity index (χ1) is 16.7. The van der Waals surface area contributed by atoms with E-state index in [0.29, 0.717) is 11.8 Å². The fourth-order valence-corrected chi connectivity index (χ4v) is 5.73. The first-order valence-electron chi connectivity index (χ1n) is 12.4. The van der Waals surface area contributed by atoms with Crippen molar-refractivity contribution in [2.75, 3.05) is 28.4 Å². The summed E-state index contributed by atoms with van der Waals surface area (Å²) in [5, 5.41) is 0. The molecule has 2 aliphatic rings. The van der Waals surface area contributed by atoms with Gasteiger partial charge in [-0.25, -0.2) is 0 Å². The molecule has 0 spiro atoms. The van der Waals surface area contributed by atoms with E-state index in [-0.39, 0.29) is 12.6 Å². The third-order valence-corrected chi connectivity index (χ3v) is 7.33. The normalized spacial score (nSPS) is 18.9. The Balaban J connectivity index is 1.31. The lowest BCUT2D eigenvalue weighted by atomic mass is 9.88. The molecule has 0 saturated carbocycles. The summed E-state index contributed by atoms with van der Waals surface area (Å²) in [4.78, 5) is 0. The molecule has 0 bridgehead atoms. The molecule has 0 aliphatic heterocycles. The number of unbranched alkanes of at least 4 members (excludes halogenated alkanes) is 3. The minimum Gasteiger partial charge on any atom is -0.352 e. The van der Waals surface area contributed by atoms with E-state index in [0.717, 1.165) is 12.8 Å². The molecule has 0 radical (unpaired) electrons. The molecule has 2 aliphatic carbocycles. The molecule has 0 saturated heterocycles. The molecule has 2 unspecified atom stereocenters. The molecule has 0 aromatic heterocycles. The summed E-state index contributed by atoms with van der Waals surface area (Å²) in [5.74, 6) is 0.753. The molecule has 4 nitrogen and oxygen atoms in total. The van der Waals surface area contributed by atoms with Crippen molar-refractivity contribution in [1.29, 1.82) is 0 Å². The van der Waals surface area contributed by atoms with Crippen molar-refractivity contribution in [1.82, 2.24) is 0 Å². The predicted octanol–water partition coefficient (Wildman–Crippen LogP) is 6.93. The lowest BCUT2D eigenvalue weighted by molar-refractivity contribution is -0.0774. The number of methoxy groups -OCH3 is 4. The topological polar surface area (TPSA) is 36.9 Å². The highest BCUT2D eigenvalue weighted by Crippen LogP contribution is 2.43. The van der Waals surface area contributed by atoms with Gasteiger partial charge in [0, 0.05) is 40.3 Å². The van der Waals surface area contributed by atoms with E-state index in [2.05, 4.69) is 60.7 Å². The highest BCUT2D eigenvalue weighted by atomic mass is 16.7. The summed E-state index contributed by atoms with van der Waals surface area (Å²) in [6.45, 7) is 0. The van der Waals surface area contributed by atoms with Crippen molar-refractivity contribution in [2.24, 2.45) is 0 Å². The van der Waals surface area contributed by atoms with Crippen LogP contribution < -0.4 is 0 Å². The van der Waals surface area contributed by atoms with Gasteiger partial charge in [0.05, 0.1) is 0 Å². The van der Waals surface area contributed by atoms with Crippen molar-refractivity contribution < 1.29 is 18.9 Å². The smallest absolute Gasteiger partial charge is 0.180 e. The Morgan fingerprint density at radius 1 is 0.559 bits per heavy atom. The molecule has 0 heterocycles. The highest BCUT2D eigenvalue weighted by molar-refractivity contribution is 5.68. The van der Waals surface area contributed by atoms with Crippen molar-refractivity contribution >= 4 is 12.2 Å². The summed E-state index contributed by atoms with van der Waals surface area (Å²) in [6.07, 6.45) is 11.0. The van der Waals surface area contributed by atoms with Crippen LogP contribution in [-0.2, 0) is 18.9 Å². The number of rotatable bonds is 13. The number of fused-ring (bicyclic) bond motifs is 2. The lowest BCUT2D eigenvalue weighted by Crippen LogP contribution is -2.19. The van der Waals surface area contributed by atoms with Crippen LogP contribution in [0.25, 0.3) is 12.2 Å². The molecule has 2 aromatic rings. The molecule has 2 atom stereocenters. The summed E-state index contributed by atoms with van der Waals surface area (Å²) >= 11 is 0. The molecule has 0 N–H and O–H groups in total. The fourth-order valence-electron chi connectivity index (χ4n) is 5.73. The lowest BCUT2D eigenvalue weighted by Gasteiger charge is -2.23. The minimum absolute atomic E-state index is 0.278. The van der Waals surface area contributed by atoms with Gasteiger partial charge >= 0.3 is 0 Å². The van der Waals surface area contributed by atoms with Crippen LogP contribution in [0.4, 0.5) is 0 Å². The van der Waals surface area contributed by atoms with Crippen molar-refractivity contribution in [3.8, 4) is 0 Å². The van der Waals surface area contributed by atoms with Crippen LogP contribution in [0.1, 0.15) is 72.6 Å². The van der Waals surface area contributed by atoms with E-state index < -0.39 is 0 Å². The second kappa shape index (κ2) is 11.9. The van der Waals surface area contributed by atoms with Crippen LogP contribution in [0.15, 0.2) is 59.7 Å². The van der Waals surface area contributed by atoms with E-state index in [4.69, 9.17) is 18.9 Å². The number of benzene rings is 2. The molecule has 34 heavy (non-hydrogen) atoms. The first-order valence-corrected chi connectivity index (χ1v) is 12.4. The van der Waals surface area contributed by atoms with Gasteiger partial charge in [0.15, 0.2) is 12.6 Å². The van der Waals surface area contributed by atoms with Gasteiger partial charge in [-0.15, -0.1) is 0 Å². The van der Waals surface area contributed by atoms with Crippen LogP contribution in [0.3, 0.4) is 0 Å². The minimum atomic E-state index is -0.278. The Morgan fingerprint density at radius 2 is 0.941 bits per heavy atom. The van der Waals surface area contributed by atoms with Crippen LogP contribution in [0, 0.1) is 0 Å². The third kappa shape index (κ3) is 5.21. The Labute approximate surface area is 204 Å². The van der Waals surface area contributed by atoms with Gasteiger partial charge in [-0.2, -0.15) is 0 Å². The van der Waals surface area contributed by atoms with Crippen LogP contribution in [0.2, 0.25) is 0 Å². The molecule has 4 rings (SSSR count). The van der Waals surface area contributed by atoms with Crippen molar-refractivity contribution in [2.45, 2.75) is 62.9 Å². The molecule has 4 heteroatoms. The Morgan fingerprint density at radius 3 is 1.32 bits per heavy atom. The predicted molar refractivity (Wildman–Crippen MR) is 138 cm³/mol. The van der Waals surface area contributed by atoms with Crippen molar-refractivity contribution in [3.63, 3.8) is 0 Å². The summed E-state index contributed by atoms with van der Waals surface area (Å²) in [7, 11) is 6.88. The molecule has 0 fully saturated rings. The molecule has 0 amide bonds.